The molecule has 0 fully saturated rings. The fourth-order valence-electron chi connectivity index (χ4n) is 3.49. The van der Waals surface area contributed by atoms with Crippen LogP contribution in [0.3, 0.4) is 0 Å². The molecule has 2 aromatic heterocycles. The van der Waals surface area contributed by atoms with Crippen LogP contribution in [0.2, 0.25) is 0 Å². The van der Waals surface area contributed by atoms with Crippen LogP contribution >= 0.6 is 0 Å². The number of nitrogens with one attached hydrogen (secondary N) is 2. The Balaban J connectivity index is 1.50. The number of halogens is 1. The lowest BCUT2D eigenvalue weighted by atomic mass is 10.1. The van der Waals surface area contributed by atoms with Crippen LogP contribution in [0.15, 0.2) is 60.8 Å². The number of imidazole rings is 1. The summed E-state index contributed by atoms with van der Waals surface area (Å²) in [5.41, 5.74) is 5.18. The summed E-state index contributed by atoms with van der Waals surface area (Å²) in [4.78, 5) is 21.4. The van der Waals surface area contributed by atoms with Crippen molar-refractivity contribution < 1.29 is 9.18 Å². The molecule has 0 spiro atoms. The zero-order valence-electron chi connectivity index (χ0n) is 16.8. The van der Waals surface area contributed by atoms with Gasteiger partial charge in [0.2, 0.25) is 0 Å². The van der Waals surface area contributed by atoms with Crippen molar-refractivity contribution in [3.05, 3.63) is 77.7 Å². The van der Waals surface area contributed by atoms with Crippen molar-refractivity contribution in [1.82, 2.24) is 19.9 Å². The summed E-state index contributed by atoms with van der Waals surface area (Å²) in [5, 5.41) is 5.74. The van der Waals surface area contributed by atoms with Gasteiger partial charge in [0.1, 0.15) is 17.2 Å². The quantitative estimate of drug-likeness (QED) is 0.508. The maximum Gasteiger partial charge on any atom is 0.319 e. The number of benzene rings is 2. The van der Waals surface area contributed by atoms with E-state index in [4.69, 9.17) is 0 Å². The van der Waals surface area contributed by atoms with E-state index in [2.05, 4.69) is 26.7 Å². The summed E-state index contributed by atoms with van der Waals surface area (Å²) in [7, 11) is 0. The highest BCUT2D eigenvalue weighted by Gasteiger charge is 2.14. The molecule has 4 rings (SSSR count). The number of rotatable bonds is 5. The molecule has 0 aliphatic carbocycles. The molecule has 7 heteroatoms. The van der Waals surface area contributed by atoms with E-state index in [9.17, 15) is 9.18 Å². The fraction of sp³-hybridized carbons (Fsp3) is 0.174. The fourth-order valence-corrected chi connectivity index (χ4v) is 3.49. The van der Waals surface area contributed by atoms with Crippen LogP contribution in [0.4, 0.5) is 14.9 Å². The van der Waals surface area contributed by atoms with E-state index in [0.717, 1.165) is 27.9 Å². The van der Waals surface area contributed by atoms with E-state index in [1.807, 2.05) is 42.7 Å². The van der Waals surface area contributed by atoms with Crippen LogP contribution in [0.1, 0.15) is 11.1 Å². The maximum atomic E-state index is 13.3. The van der Waals surface area contributed by atoms with Gasteiger partial charge in [-0.15, -0.1) is 0 Å². The molecule has 4 aromatic rings. The number of nitrogens with zero attached hydrogens (tertiary/aromatic N) is 3. The summed E-state index contributed by atoms with van der Waals surface area (Å²) in [6.45, 7) is 4.84. The number of fused-ring (bicyclic) bond motifs is 1. The topological polar surface area (TPSA) is 71.8 Å². The Bertz CT molecular complexity index is 1180. The highest BCUT2D eigenvalue weighted by Crippen LogP contribution is 2.23. The summed E-state index contributed by atoms with van der Waals surface area (Å²) >= 11 is 0. The van der Waals surface area contributed by atoms with Crippen LogP contribution < -0.4 is 10.6 Å². The zero-order chi connectivity index (χ0) is 21.1. The molecule has 2 heterocycles. The van der Waals surface area contributed by atoms with Crippen molar-refractivity contribution in [2.75, 3.05) is 11.9 Å². The average molecular weight is 403 g/mol. The van der Waals surface area contributed by atoms with Gasteiger partial charge < -0.3 is 15.2 Å². The van der Waals surface area contributed by atoms with E-state index in [1.54, 1.807) is 18.3 Å². The predicted octanol–water partition coefficient (Wildman–Crippen LogP) is 4.68. The molecule has 0 saturated heterocycles. The normalized spacial score (nSPS) is 10.9. The SMILES string of the molecule is Cc1cc(C)cc(NC(=O)NCCn2c(-c3ccc(F)cc3)nc3cccnc32)c1. The number of aromatic nitrogens is 3. The minimum Gasteiger partial charge on any atom is -0.336 e. The first kappa shape index (κ1) is 19.6. The second kappa shape index (κ2) is 8.32. The first-order chi connectivity index (χ1) is 14.5. The van der Waals surface area contributed by atoms with Crippen molar-refractivity contribution in [3.63, 3.8) is 0 Å². The number of aryl methyl sites for hydroxylation is 2. The third kappa shape index (κ3) is 4.30. The van der Waals surface area contributed by atoms with E-state index in [0.29, 0.717) is 24.6 Å². The van der Waals surface area contributed by atoms with E-state index >= 15 is 0 Å². The van der Waals surface area contributed by atoms with Gasteiger partial charge in [-0.1, -0.05) is 6.07 Å². The number of carbonyl (C=O) groups is 1. The molecule has 0 aliphatic rings. The van der Waals surface area contributed by atoms with Gasteiger partial charge in [-0.05, 0) is 73.5 Å². The van der Waals surface area contributed by atoms with Gasteiger partial charge in [-0.2, -0.15) is 0 Å². The third-order valence-corrected chi connectivity index (χ3v) is 4.71. The minimum atomic E-state index is -0.302. The Kier molecular flexibility index (Phi) is 5.43. The van der Waals surface area contributed by atoms with Crippen molar-refractivity contribution in [3.8, 4) is 11.4 Å². The van der Waals surface area contributed by atoms with Crippen LogP contribution in [0.5, 0.6) is 0 Å². The zero-order valence-corrected chi connectivity index (χ0v) is 16.8. The average Bonchev–Trinajstić information content (AvgIpc) is 3.06. The van der Waals surface area contributed by atoms with E-state index in [1.165, 1.54) is 12.1 Å². The molecule has 30 heavy (non-hydrogen) atoms. The minimum absolute atomic E-state index is 0.277. The van der Waals surface area contributed by atoms with E-state index < -0.39 is 0 Å². The second-order valence-corrected chi connectivity index (χ2v) is 7.20. The lowest BCUT2D eigenvalue weighted by Crippen LogP contribution is -2.31. The number of amides is 2. The Morgan fingerprint density at radius 1 is 1.07 bits per heavy atom. The molecule has 0 unspecified atom stereocenters. The molecule has 152 valence electrons. The summed E-state index contributed by atoms with van der Waals surface area (Å²) < 4.78 is 15.3. The monoisotopic (exact) mass is 403 g/mol. The summed E-state index contributed by atoms with van der Waals surface area (Å²) in [6, 6.07) is 15.5. The maximum absolute atomic E-state index is 13.3. The Labute approximate surface area is 173 Å². The predicted molar refractivity (Wildman–Crippen MR) is 116 cm³/mol. The molecule has 0 bridgehead atoms. The number of hydrogen-bond donors (Lipinski definition) is 2. The summed E-state index contributed by atoms with van der Waals surface area (Å²) in [6.07, 6.45) is 1.70. The molecular weight excluding hydrogens is 381 g/mol. The van der Waals surface area contributed by atoms with Crippen LogP contribution in [0.25, 0.3) is 22.6 Å². The first-order valence-electron chi connectivity index (χ1n) is 9.70. The molecular formula is C23H22FN5O. The molecule has 6 nitrogen and oxygen atoms in total. The van der Waals surface area contributed by atoms with Gasteiger partial charge in [0, 0.05) is 30.5 Å². The molecule has 2 N–H and O–H groups in total. The third-order valence-electron chi connectivity index (χ3n) is 4.71. The highest BCUT2D eigenvalue weighted by atomic mass is 19.1. The number of hydrogen-bond acceptors (Lipinski definition) is 3. The Hall–Kier alpha value is -3.74. The standard InChI is InChI=1S/C23H22FN5O/c1-15-12-16(2)14-19(13-15)27-23(30)26-10-11-29-21(17-5-7-18(24)8-6-17)28-20-4-3-9-25-22(20)29/h3-9,12-14H,10-11H2,1-2H3,(H2,26,27,30). The van der Waals surface area contributed by atoms with E-state index in [-0.39, 0.29) is 11.8 Å². The first-order valence-corrected chi connectivity index (χ1v) is 9.70. The lowest BCUT2D eigenvalue weighted by Gasteiger charge is -2.11. The second-order valence-electron chi connectivity index (χ2n) is 7.20. The van der Waals surface area contributed by atoms with Crippen LogP contribution in [-0.2, 0) is 6.54 Å². The molecule has 2 aromatic carbocycles. The molecule has 0 saturated carbocycles. The smallest absolute Gasteiger partial charge is 0.319 e. The largest absolute Gasteiger partial charge is 0.336 e. The number of pyridine rings is 1. The lowest BCUT2D eigenvalue weighted by molar-refractivity contribution is 0.251. The van der Waals surface area contributed by atoms with Crippen LogP contribution in [0, 0.1) is 19.7 Å². The van der Waals surface area contributed by atoms with Gasteiger partial charge in [0.05, 0.1) is 0 Å². The van der Waals surface area contributed by atoms with Gasteiger partial charge in [0.15, 0.2) is 5.65 Å². The van der Waals surface area contributed by atoms with Crippen molar-refractivity contribution in [2.45, 2.75) is 20.4 Å². The summed E-state index contributed by atoms with van der Waals surface area (Å²) in [5.74, 6) is 0.379. The van der Waals surface area contributed by atoms with Crippen molar-refractivity contribution in [1.29, 1.82) is 0 Å². The van der Waals surface area contributed by atoms with Crippen LogP contribution in [-0.4, -0.2) is 27.1 Å². The van der Waals surface area contributed by atoms with Gasteiger partial charge in [0.25, 0.3) is 0 Å². The number of urea groups is 1. The highest BCUT2D eigenvalue weighted by molar-refractivity contribution is 5.89. The van der Waals surface area contributed by atoms with Gasteiger partial charge in [-0.3, -0.25) is 0 Å². The van der Waals surface area contributed by atoms with Crippen molar-refractivity contribution in [2.24, 2.45) is 0 Å². The molecule has 0 aliphatic heterocycles. The van der Waals surface area contributed by atoms with Crippen molar-refractivity contribution >= 4 is 22.9 Å². The number of carbonyl (C=O) groups excluding carboxylic acids is 1. The van der Waals surface area contributed by atoms with Gasteiger partial charge >= 0.3 is 6.03 Å². The molecule has 0 atom stereocenters. The molecule has 2 amide bonds. The number of anilines is 1. The Morgan fingerprint density at radius 3 is 2.53 bits per heavy atom. The Morgan fingerprint density at radius 2 is 1.80 bits per heavy atom. The molecule has 0 radical (unpaired) electrons. The van der Waals surface area contributed by atoms with Gasteiger partial charge in [-0.25, -0.2) is 19.2 Å².